The maximum Gasteiger partial charge on any atom is 0.0113 e. The molecular formula is C12H30N4S. The van der Waals surface area contributed by atoms with Crippen molar-refractivity contribution in [1.29, 1.82) is 0 Å². The Kier molecular flexibility index (Phi) is 12.8. The van der Waals surface area contributed by atoms with Crippen molar-refractivity contribution in [3.05, 3.63) is 0 Å². The molecule has 4 N–H and O–H groups in total. The zero-order chi connectivity index (χ0) is 12.9. The van der Waals surface area contributed by atoms with E-state index in [9.17, 15) is 0 Å². The average Bonchev–Trinajstić information content (AvgIpc) is 2.25. The molecule has 1 atom stereocenters. The van der Waals surface area contributed by atoms with Crippen LogP contribution in [0.2, 0.25) is 0 Å². The summed E-state index contributed by atoms with van der Waals surface area (Å²) in [7, 11) is 0. The van der Waals surface area contributed by atoms with Gasteiger partial charge in [-0.2, -0.15) is 12.6 Å². The third kappa shape index (κ3) is 16.2. The fourth-order valence-electron chi connectivity index (χ4n) is 1.36. The molecular weight excluding hydrogens is 232 g/mol. The molecule has 0 spiro atoms. The molecule has 104 valence electrons. The van der Waals surface area contributed by atoms with E-state index in [1.165, 1.54) is 0 Å². The highest BCUT2D eigenvalue weighted by atomic mass is 32.1. The monoisotopic (exact) mass is 262 g/mol. The third-order valence-corrected chi connectivity index (χ3v) is 2.43. The minimum atomic E-state index is 0.435. The second-order valence-corrected chi connectivity index (χ2v) is 5.54. The number of nitrogens with one attached hydrogen (secondary N) is 4. The molecule has 0 heterocycles. The van der Waals surface area contributed by atoms with E-state index >= 15 is 0 Å². The molecule has 0 aromatic heterocycles. The van der Waals surface area contributed by atoms with Gasteiger partial charge in [0.25, 0.3) is 0 Å². The Labute approximate surface area is 112 Å². The van der Waals surface area contributed by atoms with Crippen LogP contribution >= 0.6 is 12.6 Å². The molecule has 0 saturated carbocycles. The van der Waals surface area contributed by atoms with Crippen LogP contribution in [0.1, 0.15) is 20.8 Å². The van der Waals surface area contributed by atoms with Gasteiger partial charge in [0.15, 0.2) is 0 Å². The minimum Gasteiger partial charge on any atom is -0.314 e. The lowest BCUT2D eigenvalue weighted by atomic mass is 10.4. The fourth-order valence-corrected chi connectivity index (χ4v) is 1.49. The molecule has 0 aromatic carbocycles. The summed E-state index contributed by atoms with van der Waals surface area (Å²) in [6.45, 7) is 13.6. The van der Waals surface area contributed by atoms with E-state index in [0.29, 0.717) is 11.3 Å². The van der Waals surface area contributed by atoms with Crippen molar-refractivity contribution in [2.24, 2.45) is 0 Å². The first-order chi connectivity index (χ1) is 8.13. The fraction of sp³-hybridized carbons (Fsp3) is 1.00. The van der Waals surface area contributed by atoms with Crippen LogP contribution in [0.15, 0.2) is 0 Å². The normalized spacial score (nSPS) is 13.2. The molecule has 17 heavy (non-hydrogen) atoms. The van der Waals surface area contributed by atoms with Crippen LogP contribution in [0, 0.1) is 0 Å². The summed E-state index contributed by atoms with van der Waals surface area (Å²) in [4.78, 5) is 0. The van der Waals surface area contributed by atoms with Crippen LogP contribution in [0.4, 0.5) is 0 Å². The Morgan fingerprint density at radius 3 is 1.71 bits per heavy atom. The molecule has 0 aliphatic heterocycles. The quantitative estimate of drug-likeness (QED) is 0.255. The first-order valence-electron chi connectivity index (χ1n) is 6.66. The largest absolute Gasteiger partial charge is 0.314 e. The van der Waals surface area contributed by atoms with Gasteiger partial charge in [-0.15, -0.1) is 0 Å². The zero-order valence-electron chi connectivity index (χ0n) is 11.6. The zero-order valence-corrected chi connectivity index (χ0v) is 12.4. The second kappa shape index (κ2) is 12.6. The molecule has 4 nitrogen and oxygen atoms in total. The van der Waals surface area contributed by atoms with Crippen LogP contribution < -0.4 is 21.3 Å². The Bertz CT molecular complexity index is 137. The van der Waals surface area contributed by atoms with Gasteiger partial charge in [0, 0.05) is 57.1 Å². The van der Waals surface area contributed by atoms with Crippen molar-refractivity contribution in [3.63, 3.8) is 0 Å². The topological polar surface area (TPSA) is 48.1 Å². The van der Waals surface area contributed by atoms with Crippen molar-refractivity contribution in [1.82, 2.24) is 21.3 Å². The van der Waals surface area contributed by atoms with Gasteiger partial charge in [-0.25, -0.2) is 0 Å². The molecule has 0 bridgehead atoms. The van der Waals surface area contributed by atoms with E-state index in [1.54, 1.807) is 0 Å². The summed E-state index contributed by atoms with van der Waals surface area (Å²) in [6, 6.07) is 0.579. The lowest BCUT2D eigenvalue weighted by Gasteiger charge is -2.10. The highest BCUT2D eigenvalue weighted by Crippen LogP contribution is 1.86. The average molecular weight is 262 g/mol. The second-order valence-electron chi connectivity index (χ2n) is 4.66. The van der Waals surface area contributed by atoms with E-state index in [4.69, 9.17) is 0 Å². The predicted molar refractivity (Wildman–Crippen MR) is 80.2 cm³/mol. The summed E-state index contributed by atoms with van der Waals surface area (Å²) >= 11 is 4.30. The predicted octanol–water partition coefficient (Wildman–Crippen LogP) is 0.0715. The Balaban J connectivity index is 2.94. The highest BCUT2D eigenvalue weighted by Gasteiger charge is 1.93. The van der Waals surface area contributed by atoms with E-state index < -0.39 is 0 Å². The maximum atomic E-state index is 4.30. The molecule has 0 fully saturated rings. The van der Waals surface area contributed by atoms with Gasteiger partial charge >= 0.3 is 0 Å². The molecule has 0 radical (unpaired) electrons. The summed E-state index contributed by atoms with van der Waals surface area (Å²) in [5.74, 6) is 0. The summed E-state index contributed by atoms with van der Waals surface area (Å²) < 4.78 is 0. The Morgan fingerprint density at radius 1 is 0.765 bits per heavy atom. The van der Waals surface area contributed by atoms with E-state index in [-0.39, 0.29) is 0 Å². The first-order valence-corrected chi connectivity index (χ1v) is 7.18. The highest BCUT2D eigenvalue weighted by molar-refractivity contribution is 7.80. The number of thiol groups is 1. The summed E-state index contributed by atoms with van der Waals surface area (Å²) in [5, 5.41) is 13.9. The van der Waals surface area contributed by atoms with Crippen molar-refractivity contribution >= 4 is 12.6 Å². The van der Waals surface area contributed by atoms with Gasteiger partial charge in [0.2, 0.25) is 0 Å². The molecule has 5 heteroatoms. The number of rotatable bonds is 12. The Morgan fingerprint density at radius 2 is 1.24 bits per heavy atom. The maximum absolute atomic E-state index is 4.30. The van der Waals surface area contributed by atoms with Crippen LogP contribution in [0.5, 0.6) is 0 Å². The van der Waals surface area contributed by atoms with Gasteiger partial charge in [-0.3, -0.25) is 0 Å². The molecule has 0 saturated heterocycles. The molecule has 0 aromatic rings. The van der Waals surface area contributed by atoms with Crippen LogP contribution in [-0.4, -0.2) is 57.1 Å². The van der Waals surface area contributed by atoms with E-state index in [1.807, 2.05) is 0 Å². The molecule has 1 unspecified atom stereocenters. The smallest absolute Gasteiger partial charge is 0.0113 e. The lowest BCUT2D eigenvalue weighted by Crippen LogP contribution is -2.36. The molecule has 0 aliphatic rings. The summed E-state index contributed by atoms with van der Waals surface area (Å²) in [6.07, 6.45) is 0. The van der Waals surface area contributed by atoms with Gasteiger partial charge < -0.3 is 21.3 Å². The van der Waals surface area contributed by atoms with Crippen LogP contribution in [0.25, 0.3) is 0 Å². The SMILES string of the molecule is CC(S)CNCCNCCNCCNC(C)C. The Hall–Kier alpha value is 0.190. The van der Waals surface area contributed by atoms with Crippen molar-refractivity contribution in [3.8, 4) is 0 Å². The van der Waals surface area contributed by atoms with Gasteiger partial charge in [-0.1, -0.05) is 20.8 Å². The van der Waals surface area contributed by atoms with Crippen molar-refractivity contribution in [2.45, 2.75) is 32.1 Å². The molecule has 0 amide bonds. The van der Waals surface area contributed by atoms with Gasteiger partial charge in [0.05, 0.1) is 0 Å². The van der Waals surface area contributed by atoms with Crippen LogP contribution in [0.3, 0.4) is 0 Å². The standard InChI is InChI=1S/C12H30N4S/c1-11(2)16-9-8-14-5-4-13-6-7-15-10-12(3)17/h11-17H,4-10H2,1-3H3. The summed E-state index contributed by atoms with van der Waals surface area (Å²) in [5.41, 5.74) is 0. The van der Waals surface area contributed by atoms with Crippen molar-refractivity contribution in [2.75, 3.05) is 45.8 Å². The van der Waals surface area contributed by atoms with E-state index in [0.717, 1.165) is 45.8 Å². The van der Waals surface area contributed by atoms with Crippen molar-refractivity contribution < 1.29 is 0 Å². The van der Waals surface area contributed by atoms with Gasteiger partial charge in [0.1, 0.15) is 0 Å². The first kappa shape index (κ1) is 17.2. The minimum absolute atomic E-state index is 0.435. The lowest BCUT2D eigenvalue weighted by molar-refractivity contribution is 0.540. The van der Waals surface area contributed by atoms with Crippen LogP contribution in [-0.2, 0) is 0 Å². The number of hydrogen-bond acceptors (Lipinski definition) is 5. The number of hydrogen-bond donors (Lipinski definition) is 5. The molecule has 0 aliphatic carbocycles. The molecule has 0 rings (SSSR count). The van der Waals surface area contributed by atoms with Gasteiger partial charge in [-0.05, 0) is 0 Å². The third-order valence-electron chi connectivity index (χ3n) is 2.25. The van der Waals surface area contributed by atoms with E-state index in [2.05, 4.69) is 54.7 Å².